The van der Waals surface area contributed by atoms with E-state index < -0.39 is 0 Å². The highest BCUT2D eigenvalue weighted by Gasteiger charge is 2.27. The second-order valence-electron chi connectivity index (χ2n) is 4.64. The molecule has 1 aliphatic heterocycles. The molecule has 1 saturated heterocycles. The molecule has 1 fully saturated rings. The van der Waals surface area contributed by atoms with Crippen LogP contribution in [0.1, 0.15) is 30.0 Å². The Balaban J connectivity index is 2.27. The largest absolute Gasteiger partial charge is 0.383 e. The van der Waals surface area contributed by atoms with Gasteiger partial charge in [0.2, 0.25) is 0 Å². The molecule has 0 aromatic carbocycles. The van der Waals surface area contributed by atoms with E-state index in [0.29, 0.717) is 11.7 Å². The second-order valence-corrected chi connectivity index (χ2v) is 4.64. The topological polar surface area (TPSA) is 60.2 Å². The highest BCUT2D eigenvalue weighted by atomic mass is 16.5. The average molecular weight is 235 g/mol. The number of hydrogen-bond donors (Lipinski definition) is 2. The Morgan fingerprint density at radius 2 is 2.18 bits per heavy atom. The third-order valence-corrected chi connectivity index (χ3v) is 3.60. The van der Waals surface area contributed by atoms with Crippen molar-refractivity contribution >= 4 is 5.82 Å². The molecule has 1 aromatic heterocycles. The van der Waals surface area contributed by atoms with Gasteiger partial charge in [-0.3, -0.25) is 0 Å². The molecule has 2 heterocycles. The first-order chi connectivity index (χ1) is 8.24. The van der Waals surface area contributed by atoms with Gasteiger partial charge >= 0.3 is 0 Å². The number of pyridine rings is 1. The number of rotatable bonds is 3. The SMILES string of the molecule is CNC(c1c(C)ccnc1N)C1CCOCC1. The van der Waals surface area contributed by atoms with Crippen molar-refractivity contribution in [1.29, 1.82) is 0 Å². The van der Waals surface area contributed by atoms with Crippen LogP contribution in [0.4, 0.5) is 5.82 Å². The van der Waals surface area contributed by atoms with E-state index in [1.807, 2.05) is 13.1 Å². The summed E-state index contributed by atoms with van der Waals surface area (Å²) in [5.74, 6) is 1.23. The quantitative estimate of drug-likeness (QED) is 0.836. The van der Waals surface area contributed by atoms with Crippen LogP contribution in [0.5, 0.6) is 0 Å². The zero-order chi connectivity index (χ0) is 12.3. The summed E-state index contributed by atoms with van der Waals surface area (Å²) in [6.07, 6.45) is 3.93. The van der Waals surface area contributed by atoms with E-state index in [2.05, 4.69) is 17.2 Å². The average Bonchev–Trinajstić information content (AvgIpc) is 2.35. The summed E-state index contributed by atoms with van der Waals surface area (Å²) in [5.41, 5.74) is 8.39. The summed E-state index contributed by atoms with van der Waals surface area (Å²) >= 11 is 0. The maximum absolute atomic E-state index is 6.02. The van der Waals surface area contributed by atoms with Crippen LogP contribution in [0.25, 0.3) is 0 Å². The first-order valence-corrected chi connectivity index (χ1v) is 6.20. The van der Waals surface area contributed by atoms with Crippen LogP contribution in [-0.2, 0) is 4.74 Å². The number of nitrogens with one attached hydrogen (secondary N) is 1. The number of ether oxygens (including phenoxy) is 1. The Kier molecular flexibility index (Phi) is 3.97. The molecule has 0 aliphatic carbocycles. The molecule has 0 radical (unpaired) electrons. The molecule has 3 N–H and O–H groups in total. The molecule has 1 unspecified atom stereocenters. The van der Waals surface area contributed by atoms with E-state index in [9.17, 15) is 0 Å². The summed E-state index contributed by atoms with van der Waals surface area (Å²) in [5, 5.41) is 3.39. The van der Waals surface area contributed by atoms with E-state index in [1.54, 1.807) is 6.20 Å². The van der Waals surface area contributed by atoms with Gasteiger partial charge in [0.25, 0.3) is 0 Å². The van der Waals surface area contributed by atoms with Crippen molar-refractivity contribution in [3.05, 3.63) is 23.4 Å². The van der Waals surface area contributed by atoms with Gasteiger partial charge in [-0.1, -0.05) is 0 Å². The number of nitrogen functional groups attached to an aromatic ring is 1. The van der Waals surface area contributed by atoms with Crippen molar-refractivity contribution in [3.63, 3.8) is 0 Å². The molecule has 1 aromatic rings. The van der Waals surface area contributed by atoms with Gasteiger partial charge in [-0.2, -0.15) is 0 Å². The van der Waals surface area contributed by atoms with Crippen molar-refractivity contribution in [2.75, 3.05) is 26.0 Å². The van der Waals surface area contributed by atoms with Gasteiger partial charge in [0.1, 0.15) is 5.82 Å². The summed E-state index contributed by atoms with van der Waals surface area (Å²) < 4.78 is 5.42. The molecule has 94 valence electrons. The van der Waals surface area contributed by atoms with Crippen molar-refractivity contribution in [2.45, 2.75) is 25.8 Å². The molecule has 0 bridgehead atoms. The maximum Gasteiger partial charge on any atom is 0.128 e. The lowest BCUT2D eigenvalue weighted by Crippen LogP contribution is -2.31. The van der Waals surface area contributed by atoms with Gasteiger partial charge in [0, 0.05) is 31.0 Å². The lowest BCUT2D eigenvalue weighted by molar-refractivity contribution is 0.0546. The predicted molar refractivity (Wildman–Crippen MR) is 68.7 cm³/mol. The van der Waals surface area contributed by atoms with E-state index in [1.165, 1.54) is 5.56 Å². The minimum absolute atomic E-state index is 0.285. The van der Waals surface area contributed by atoms with E-state index in [0.717, 1.165) is 31.6 Å². The monoisotopic (exact) mass is 235 g/mol. The van der Waals surface area contributed by atoms with Crippen molar-refractivity contribution in [1.82, 2.24) is 10.3 Å². The fraction of sp³-hybridized carbons (Fsp3) is 0.615. The smallest absolute Gasteiger partial charge is 0.128 e. The first-order valence-electron chi connectivity index (χ1n) is 6.20. The molecule has 0 saturated carbocycles. The molecule has 1 aliphatic rings. The van der Waals surface area contributed by atoms with Gasteiger partial charge in [-0.15, -0.1) is 0 Å². The standard InChI is InChI=1S/C13H21N3O/c1-9-3-6-16-13(14)11(9)12(15-2)10-4-7-17-8-5-10/h3,6,10,12,15H,4-5,7-8H2,1-2H3,(H2,14,16). The third kappa shape index (κ3) is 2.58. The zero-order valence-electron chi connectivity index (χ0n) is 10.6. The Hall–Kier alpha value is -1.13. The Morgan fingerprint density at radius 3 is 2.76 bits per heavy atom. The number of aryl methyl sites for hydroxylation is 1. The van der Waals surface area contributed by atoms with Crippen molar-refractivity contribution in [2.24, 2.45) is 5.92 Å². The van der Waals surface area contributed by atoms with Crippen LogP contribution < -0.4 is 11.1 Å². The van der Waals surface area contributed by atoms with Crippen LogP contribution in [0.2, 0.25) is 0 Å². The Morgan fingerprint density at radius 1 is 1.47 bits per heavy atom. The van der Waals surface area contributed by atoms with Crippen LogP contribution in [0.15, 0.2) is 12.3 Å². The first kappa shape index (κ1) is 12.3. The van der Waals surface area contributed by atoms with Crippen LogP contribution >= 0.6 is 0 Å². The van der Waals surface area contributed by atoms with E-state index in [4.69, 9.17) is 10.5 Å². The van der Waals surface area contributed by atoms with Gasteiger partial charge in [0.05, 0.1) is 0 Å². The lowest BCUT2D eigenvalue weighted by atomic mass is 9.85. The fourth-order valence-electron chi connectivity index (χ4n) is 2.66. The zero-order valence-corrected chi connectivity index (χ0v) is 10.6. The number of nitrogens with zero attached hydrogens (tertiary/aromatic N) is 1. The molecule has 4 nitrogen and oxygen atoms in total. The Bertz CT molecular complexity index is 355. The minimum Gasteiger partial charge on any atom is -0.383 e. The lowest BCUT2D eigenvalue weighted by Gasteiger charge is -2.31. The van der Waals surface area contributed by atoms with Crippen molar-refractivity contribution in [3.8, 4) is 0 Å². The predicted octanol–water partition coefficient (Wildman–Crippen LogP) is 1.66. The summed E-state index contributed by atoms with van der Waals surface area (Å²) in [4.78, 5) is 4.21. The Labute approximate surface area is 103 Å². The van der Waals surface area contributed by atoms with Gasteiger partial charge in [0.15, 0.2) is 0 Å². The van der Waals surface area contributed by atoms with E-state index >= 15 is 0 Å². The fourth-order valence-corrected chi connectivity index (χ4v) is 2.66. The van der Waals surface area contributed by atoms with Crippen LogP contribution in [-0.4, -0.2) is 25.2 Å². The molecule has 17 heavy (non-hydrogen) atoms. The number of nitrogens with two attached hydrogens (primary N) is 1. The summed E-state index contributed by atoms with van der Waals surface area (Å²) in [6, 6.07) is 2.31. The molecular weight excluding hydrogens is 214 g/mol. The highest BCUT2D eigenvalue weighted by molar-refractivity contribution is 5.46. The maximum atomic E-state index is 6.02. The number of hydrogen-bond acceptors (Lipinski definition) is 4. The van der Waals surface area contributed by atoms with Gasteiger partial charge in [-0.05, 0) is 44.4 Å². The minimum atomic E-state index is 0.285. The highest BCUT2D eigenvalue weighted by Crippen LogP contribution is 2.33. The van der Waals surface area contributed by atoms with E-state index in [-0.39, 0.29) is 6.04 Å². The molecule has 0 spiro atoms. The van der Waals surface area contributed by atoms with Crippen LogP contribution in [0.3, 0.4) is 0 Å². The molecule has 2 rings (SSSR count). The van der Waals surface area contributed by atoms with Gasteiger partial charge < -0.3 is 15.8 Å². The summed E-state index contributed by atoms with van der Waals surface area (Å²) in [6.45, 7) is 3.79. The molecular formula is C13H21N3O. The third-order valence-electron chi connectivity index (χ3n) is 3.60. The molecule has 1 atom stereocenters. The molecule has 4 heteroatoms. The number of aromatic nitrogens is 1. The van der Waals surface area contributed by atoms with Crippen LogP contribution in [0, 0.1) is 12.8 Å². The van der Waals surface area contributed by atoms with Gasteiger partial charge in [-0.25, -0.2) is 4.98 Å². The molecule has 0 amide bonds. The number of anilines is 1. The second kappa shape index (κ2) is 5.47. The van der Waals surface area contributed by atoms with Crippen molar-refractivity contribution < 1.29 is 4.74 Å². The normalized spacial score (nSPS) is 19.2. The summed E-state index contributed by atoms with van der Waals surface area (Å²) in [7, 11) is 1.99.